The van der Waals surface area contributed by atoms with E-state index in [4.69, 9.17) is 13.9 Å². The minimum absolute atomic E-state index is 0.0160. The van der Waals surface area contributed by atoms with Crippen molar-refractivity contribution in [3.8, 4) is 17.1 Å². The number of ether oxygens (including phenoxy) is 2. The average molecular weight is 557 g/mol. The molecule has 0 saturated heterocycles. The van der Waals surface area contributed by atoms with E-state index >= 15 is 0 Å². The molecule has 0 aliphatic heterocycles. The van der Waals surface area contributed by atoms with Crippen molar-refractivity contribution in [2.24, 2.45) is 0 Å². The lowest BCUT2D eigenvalue weighted by Crippen LogP contribution is -2.38. The Morgan fingerprint density at radius 3 is 2.41 bits per heavy atom. The van der Waals surface area contributed by atoms with E-state index < -0.39 is 43.4 Å². The highest BCUT2D eigenvalue weighted by atomic mass is 19.4. The van der Waals surface area contributed by atoms with Crippen LogP contribution in [-0.4, -0.2) is 41.5 Å². The van der Waals surface area contributed by atoms with Crippen molar-refractivity contribution in [2.75, 3.05) is 13.2 Å². The third-order valence-corrected chi connectivity index (χ3v) is 5.48. The second-order valence-electron chi connectivity index (χ2n) is 8.35. The maximum atomic E-state index is 13.0. The van der Waals surface area contributed by atoms with Crippen LogP contribution in [0.2, 0.25) is 0 Å². The van der Waals surface area contributed by atoms with Crippen molar-refractivity contribution >= 4 is 16.9 Å². The number of hydrogen-bond acceptors (Lipinski definition) is 7. The Kier molecular flexibility index (Phi) is 8.14. The third kappa shape index (κ3) is 7.07. The van der Waals surface area contributed by atoms with Gasteiger partial charge in [0.05, 0.1) is 12.6 Å². The summed E-state index contributed by atoms with van der Waals surface area (Å²) < 4.78 is 96.0. The van der Waals surface area contributed by atoms with Gasteiger partial charge in [0.2, 0.25) is 5.82 Å². The monoisotopic (exact) mass is 557 g/mol. The molecule has 2 heterocycles. The van der Waals surface area contributed by atoms with Gasteiger partial charge in [-0.2, -0.15) is 31.3 Å². The van der Waals surface area contributed by atoms with Gasteiger partial charge in [-0.05, 0) is 36.8 Å². The van der Waals surface area contributed by atoms with Crippen LogP contribution in [0.1, 0.15) is 35.4 Å². The van der Waals surface area contributed by atoms with Crippen LogP contribution in [0, 0.1) is 0 Å². The summed E-state index contributed by atoms with van der Waals surface area (Å²) in [5.74, 6) is -2.16. The van der Waals surface area contributed by atoms with E-state index in [1.807, 2.05) is 0 Å². The number of carbonyl (C=O) groups is 1. The fourth-order valence-corrected chi connectivity index (χ4v) is 3.56. The Hall–Kier alpha value is -4.07. The van der Waals surface area contributed by atoms with E-state index in [0.717, 1.165) is 0 Å². The molecule has 1 amide bonds. The Bertz CT molecular complexity index is 1410. The van der Waals surface area contributed by atoms with Gasteiger partial charge >= 0.3 is 18.2 Å². The summed E-state index contributed by atoms with van der Waals surface area (Å²) in [6.45, 7) is -0.155. The highest BCUT2D eigenvalue weighted by Crippen LogP contribution is 2.30. The number of fused-ring (bicyclic) bond motifs is 1. The predicted octanol–water partition coefficient (Wildman–Crippen LogP) is 6.17. The van der Waals surface area contributed by atoms with Gasteiger partial charge in [-0.25, -0.2) is 0 Å². The molecular weight excluding hydrogens is 536 g/mol. The first-order chi connectivity index (χ1) is 18.4. The van der Waals surface area contributed by atoms with Gasteiger partial charge in [-0.1, -0.05) is 30.3 Å². The molecule has 14 heteroatoms. The molecule has 8 nitrogen and oxygen atoms in total. The first-order valence-electron chi connectivity index (χ1n) is 11.5. The molecule has 0 bridgehead atoms. The summed E-state index contributed by atoms with van der Waals surface area (Å²) >= 11 is 0. The summed E-state index contributed by atoms with van der Waals surface area (Å²) in [5, 5.41) is 6.51. The minimum Gasteiger partial charge on any atom is -0.491 e. The highest BCUT2D eigenvalue weighted by molar-refractivity contribution is 5.99. The summed E-state index contributed by atoms with van der Waals surface area (Å²) in [6.07, 6.45) is -8.84. The topological polar surface area (TPSA) is 99.6 Å². The second-order valence-corrected chi connectivity index (χ2v) is 8.35. The molecule has 0 radical (unpaired) electrons. The summed E-state index contributed by atoms with van der Waals surface area (Å²) in [5.41, 5.74) is 0.780. The molecule has 0 aliphatic carbocycles. The lowest BCUT2D eigenvalue weighted by molar-refractivity contribution is -0.176. The number of nitrogens with one attached hydrogen (secondary N) is 1. The Morgan fingerprint density at radius 2 is 1.77 bits per heavy atom. The standard InChI is InChI=1S/C25H21F6N3O5/c1-2-15(11-37-16-9-7-14(8-10-16)21-33-23(39-34-21)25(29,30)31)32-22(35)20-18(12-36-13-24(26,27)28)17-5-3-4-6-19(17)38-20/h3-10,15H,2,11-13H2,1H3,(H,32,35). The Morgan fingerprint density at radius 1 is 1.05 bits per heavy atom. The Balaban J connectivity index is 1.40. The maximum absolute atomic E-state index is 13.0. The molecule has 0 fully saturated rings. The molecule has 0 saturated carbocycles. The zero-order chi connectivity index (χ0) is 28.2. The maximum Gasteiger partial charge on any atom is 0.471 e. The average Bonchev–Trinajstić information content (AvgIpc) is 3.52. The van der Waals surface area contributed by atoms with Gasteiger partial charge in [0.25, 0.3) is 5.91 Å². The number of benzene rings is 2. The number of alkyl halides is 6. The number of carbonyl (C=O) groups excluding carboxylic acids is 1. The number of hydrogen-bond donors (Lipinski definition) is 1. The van der Waals surface area contributed by atoms with E-state index in [1.165, 1.54) is 24.3 Å². The molecule has 4 rings (SSSR count). The lowest BCUT2D eigenvalue weighted by Gasteiger charge is -2.17. The number of furan rings is 1. The molecule has 0 spiro atoms. The third-order valence-electron chi connectivity index (χ3n) is 5.48. The van der Waals surface area contributed by atoms with Gasteiger partial charge in [-0.15, -0.1) is 0 Å². The largest absolute Gasteiger partial charge is 0.491 e. The molecule has 4 aromatic rings. The van der Waals surface area contributed by atoms with Crippen LogP contribution in [0.15, 0.2) is 57.5 Å². The van der Waals surface area contributed by atoms with Crippen molar-refractivity contribution < 1.29 is 49.6 Å². The van der Waals surface area contributed by atoms with Crippen molar-refractivity contribution in [1.29, 1.82) is 0 Å². The fraction of sp³-hybridized carbons (Fsp3) is 0.320. The lowest BCUT2D eigenvalue weighted by atomic mass is 10.1. The molecule has 1 unspecified atom stereocenters. The van der Waals surface area contributed by atoms with E-state index in [-0.39, 0.29) is 29.3 Å². The quantitative estimate of drug-likeness (QED) is 0.233. The van der Waals surface area contributed by atoms with Crippen LogP contribution < -0.4 is 10.1 Å². The van der Waals surface area contributed by atoms with E-state index in [2.05, 4.69) is 20.0 Å². The second kappa shape index (κ2) is 11.4. The minimum atomic E-state index is -4.76. The van der Waals surface area contributed by atoms with Gasteiger partial charge in [0, 0.05) is 16.5 Å². The number of rotatable bonds is 10. The number of amides is 1. The fourth-order valence-electron chi connectivity index (χ4n) is 3.56. The molecule has 1 N–H and O–H groups in total. The SMILES string of the molecule is CCC(COc1ccc(-c2noc(C(F)(F)F)n2)cc1)NC(=O)c1oc2ccccc2c1COCC(F)(F)F. The van der Waals surface area contributed by atoms with Crippen LogP contribution in [0.25, 0.3) is 22.4 Å². The van der Waals surface area contributed by atoms with Crippen LogP contribution in [-0.2, 0) is 17.5 Å². The van der Waals surface area contributed by atoms with Crippen molar-refractivity contribution in [2.45, 2.75) is 38.3 Å². The highest BCUT2D eigenvalue weighted by Gasteiger charge is 2.38. The van der Waals surface area contributed by atoms with Crippen molar-refractivity contribution in [3.63, 3.8) is 0 Å². The number of halogens is 6. The zero-order valence-corrected chi connectivity index (χ0v) is 20.2. The zero-order valence-electron chi connectivity index (χ0n) is 20.2. The summed E-state index contributed by atoms with van der Waals surface area (Å²) in [4.78, 5) is 16.3. The first-order valence-corrected chi connectivity index (χ1v) is 11.5. The normalized spacial score (nSPS) is 13.0. The molecule has 208 valence electrons. The van der Waals surface area contributed by atoms with Gasteiger partial charge in [-0.3, -0.25) is 4.79 Å². The molecule has 1 atom stereocenters. The van der Waals surface area contributed by atoms with E-state index in [1.54, 1.807) is 31.2 Å². The van der Waals surface area contributed by atoms with Crippen LogP contribution in [0.4, 0.5) is 26.3 Å². The van der Waals surface area contributed by atoms with Crippen LogP contribution in [0.5, 0.6) is 5.75 Å². The Labute approximate surface area is 216 Å². The number of nitrogens with zero attached hydrogens (tertiary/aromatic N) is 2. The number of para-hydroxylation sites is 1. The smallest absolute Gasteiger partial charge is 0.471 e. The van der Waals surface area contributed by atoms with Crippen LogP contribution >= 0.6 is 0 Å². The van der Waals surface area contributed by atoms with E-state index in [9.17, 15) is 31.1 Å². The van der Waals surface area contributed by atoms with Crippen molar-refractivity contribution in [3.05, 3.63) is 65.7 Å². The van der Waals surface area contributed by atoms with Crippen LogP contribution in [0.3, 0.4) is 0 Å². The van der Waals surface area contributed by atoms with E-state index in [0.29, 0.717) is 23.1 Å². The van der Waals surface area contributed by atoms with Crippen molar-refractivity contribution in [1.82, 2.24) is 15.5 Å². The first kappa shape index (κ1) is 28.0. The molecule has 0 aliphatic rings. The summed E-state index contributed by atoms with van der Waals surface area (Å²) in [6, 6.07) is 11.9. The van der Waals surface area contributed by atoms with Gasteiger partial charge in [0.15, 0.2) is 5.76 Å². The van der Waals surface area contributed by atoms with Gasteiger partial charge < -0.3 is 23.7 Å². The predicted molar refractivity (Wildman–Crippen MR) is 124 cm³/mol. The van der Waals surface area contributed by atoms with Gasteiger partial charge in [0.1, 0.15) is 24.5 Å². The molecule has 2 aromatic carbocycles. The molecule has 39 heavy (non-hydrogen) atoms. The molecular formula is C25H21F6N3O5. The number of aromatic nitrogens is 2. The summed E-state index contributed by atoms with van der Waals surface area (Å²) in [7, 11) is 0. The molecule has 2 aromatic heterocycles.